The Balaban J connectivity index is 1.36. The fourth-order valence-corrected chi connectivity index (χ4v) is 6.74. The van der Waals surface area contributed by atoms with E-state index in [9.17, 15) is 14.7 Å². The number of piperidine rings is 2. The van der Waals surface area contributed by atoms with Crippen LogP contribution in [-0.2, 0) is 22.7 Å². The lowest BCUT2D eigenvalue weighted by Crippen LogP contribution is -2.72. The smallest absolute Gasteiger partial charge is 0.236 e. The second-order valence-electron chi connectivity index (χ2n) is 11.5. The third-order valence-corrected chi connectivity index (χ3v) is 8.30. The zero-order valence-corrected chi connectivity index (χ0v) is 20.8. The Kier molecular flexibility index (Phi) is 6.11. The van der Waals surface area contributed by atoms with Gasteiger partial charge in [-0.2, -0.15) is 0 Å². The average Bonchev–Trinajstić information content (AvgIpc) is 3.28. The first-order valence-electron chi connectivity index (χ1n) is 12.5. The molecule has 0 unspecified atom stereocenters. The molecule has 5 fully saturated rings. The Bertz CT molecular complexity index is 908. The van der Waals surface area contributed by atoms with E-state index < -0.39 is 16.9 Å². The molecule has 5 heterocycles. The van der Waals surface area contributed by atoms with Gasteiger partial charge >= 0.3 is 0 Å². The first-order valence-corrected chi connectivity index (χ1v) is 12.5. The molecule has 2 amide bonds. The standard InChI is InChI=1S/C26H38N4O4/c1-25-15-29-17-26(2,24(25)33)18-30(16-25)23(32)14-28(13-22(29)31)11-19-6-7-21(34-3)20(10-19)12-27-8-4-5-9-27/h6-7,10,24,33H,4-5,8-9,11-18H2,1-3H3. The number of ether oxygens (including phenoxy) is 1. The number of nitrogens with zero attached hydrogens (tertiary/aromatic N) is 4. The molecular formula is C26H38N4O4. The molecule has 5 saturated heterocycles. The predicted octanol–water partition coefficient (Wildman–Crippen LogP) is 1.16. The van der Waals surface area contributed by atoms with Crippen molar-refractivity contribution in [3.8, 4) is 5.75 Å². The number of likely N-dealkylation sites (tertiary alicyclic amines) is 1. The summed E-state index contributed by atoms with van der Waals surface area (Å²) < 4.78 is 5.61. The van der Waals surface area contributed by atoms with Gasteiger partial charge < -0.3 is 19.6 Å². The van der Waals surface area contributed by atoms with Gasteiger partial charge in [0.15, 0.2) is 0 Å². The van der Waals surface area contributed by atoms with E-state index >= 15 is 0 Å². The molecule has 0 atom stereocenters. The molecule has 4 bridgehead atoms. The Morgan fingerprint density at radius 3 is 2.00 bits per heavy atom. The molecule has 0 spiro atoms. The Morgan fingerprint density at radius 2 is 1.47 bits per heavy atom. The monoisotopic (exact) mass is 470 g/mol. The predicted molar refractivity (Wildman–Crippen MR) is 128 cm³/mol. The van der Waals surface area contributed by atoms with E-state index in [2.05, 4.69) is 11.0 Å². The molecule has 0 aliphatic carbocycles. The molecular weight excluding hydrogens is 432 g/mol. The van der Waals surface area contributed by atoms with E-state index in [1.807, 2.05) is 40.7 Å². The Hall–Kier alpha value is -2.16. The van der Waals surface area contributed by atoms with E-state index in [4.69, 9.17) is 4.74 Å². The van der Waals surface area contributed by atoms with Crippen LogP contribution in [0.5, 0.6) is 5.75 Å². The van der Waals surface area contributed by atoms with E-state index in [1.165, 1.54) is 12.8 Å². The molecule has 1 aromatic rings. The number of aliphatic hydroxyl groups excluding tert-OH is 1. The summed E-state index contributed by atoms with van der Waals surface area (Å²) in [7, 11) is 1.70. The van der Waals surface area contributed by atoms with Crippen LogP contribution in [0.3, 0.4) is 0 Å². The number of carbonyl (C=O) groups excluding carboxylic acids is 2. The van der Waals surface area contributed by atoms with Crippen molar-refractivity contribution in [1.29, 1.82) is 0 Å². The molecule has 5 aliphatic rings. The number of hydrogen-bond acceptors (Lipinski definition) is 6. The van der Waals surface area contributed by atoms with Gasteiger partial charge in [0.05, 0.1) is 26.3 Å². The van der Waals surface area contributed by atoms with Crippen LogP contribution in [0.4, 0.5) is 0 Å². The fraction of sp³-hybridized carbons (Fsp3) is 0.692. The molecule has 1 N–H and O–H groups in total. The van der Waals surface area contributed by atoms with Crippen molar-refractivity contribution in [3.63, 3.8) is 0 Å². The minimum absolute atomic E-state index is 0.0401. The molecule has 1 aromatic carbocycles. The van der Waals surface area contributed by atoms with Crippen molar-refractivity contribution in [2.45, 2.75) is 45.9 Å². The summed E-state index contributed by atoms with van der Waals surface area (Å²) in [4.78, 5) is 35.0. The molecule has 0 radical (unpaired) electrons. The molecule has 8 nitrogen and oxygen atoms in total. The minimum atomic E-state index is -0.517. The van der Waals surface area contributed by atoms with Crippen LogP contribution in [0.2, 0.25) is 0 Å². The Labute approximate surface area is 202 Å². The number of amides is 2. The van der Waals surface area contributed by atoms with Gasteiger partial charge in [-0.1, -0.05) is 19.9 Å². The number of rotatable bonds is 5. The highest BCUT2D eigenvalue weighted by molar-refractivity contribution is 5.82. The van der Waals surface area contributed by atoms with Gasteiger partial charge in [0.2, 0.25) is 11.8 Å². The van der Waals surface area contributed by atoms with E-state index in [-0.39, 0.29) is 24.9 Å². The van der Waals surface area contributed by atoms with E-state index in [0.29, 0.717) is 32.7 Å². The maximum Gasteiger partial charge on any atom is 0.236 e. The van der Waals surface area contributed by atoms with Crippen molar-refractivity contribution >= 4 is 11.8 Å². The van der Waals surface area contributed by atoms with Crippen LogP contribution >= 0.6 is 0 Å². The number of fused-ring (bicyclic) bond motifs is 4. The first-order chi connectivity index (χ1) is 16.2. The molecule has 34 heavy (non-hydrogen) atoms. The van der Waals surface area contributed by atoms with Crippen LogP contribution in [-0.4, -0.2) is 102 Å². The number of hydrogen-bond donors (Lipinski definition) is 1. The number of carbonyl (C=O) groups is 2. The summed E-state index contributed by atoms with van der Waals surface area (Å²) in [5.41, 5.74) is 1.26. The molecule has 0 saturated carbocycles. The van der Waals surface area contributed by atoms with Crippen molar-refractivity contribution in [3.05, 3.63) is 29.3 Å². The van der Waals surface area contributed by atoms with Gasteiger partial charge in [-0.05, 0) is 43.6 Å². The van der Waals surface area contributed by atoms with Crippen LogP contribution in [0, 0.1) is 10.8 Å². The van der Waals surface area contributed by atoms with Gasteiger partial charge in [0.1, 0.15) is 5.75 Å². The van der Waals surface area contributed by atoms with Crippen molar-refractivity contribution in [2.75, 3.05) is 59.5 Å². The lowest BCUT2D eigenvalue weighted by atomic mass is 9.62. The molecule has 8 heteroatoms. The summed E-state index contributed by atoms with van der Waals surface area (Å²) in [5.74, 6) is 0.964. The highest BCUT2D eigenvalue weighted by Crippen LogP contribution is 2.46. The summed E-state index contributed by atoms with van der Waals surface area (Å²) in [6, 6.07) is 6.21. The average molecular weight is 471 g/mol. The summed E-state index contributed by atoms with van der Waals surface area (Å²) in [6.07, 6.45) is 1.96. The highest BCUT2D eigenvalue weighted by Gasteiger charge is 2.57. The summed E-state index contributed by atoms with van der Waals surface area (Å²) in [5, 5.41) is 11.0. The van der Waals surface area contributed by atoms with Crippen LogP contribution in [0.25, 0.3) is 0 Å². The SMILES string of the molecule is COc1ccc(CN2CC(=O)N3CC4(C)CN(CC(C)(C3)C4O)C(=O)C2)cc1CN1CCCC1. The Morgan fingerprint density at radius 1 is 0.912 bits per heavy atom. The lowest BCUT2D eigenvalue weighted by Gasteiger charge is -2.60. The molecule has 6 rings (SSSR count). The normalized spacial score (nSPS) is 32.6. The largest absolute Gasteiger partial charge is 0.496 e. The molecule has 0 aromatic heterocycles. The van der Waals surface area contributed by atoms with Crippen LogP contribution < -0.4 is 4.74 Å². The van der Waals surface area contributed by atoms with Crippen molar-refractivity contribution in [1.82, 2.24) is 19.6 Å². The van der Waals surface area contributed by atoms with Crippen molar-refractivity contribution < 1.29 is 19.4 Å². The molecule has 5 aliphatic heterocycles. The maximum absolute atomic E-state index is 13.4. The maximum atomic E-state index is 13.4. The second kappa shape index (κ2) is 8.81. The minimum Gasteiger partial charge on any atom is -0.496 e. The van der Waals surface area contributed by atoms with Gasteiger partial charge in [-0.3, -0.25) is 19.4 Å². The zero-order chi connectivity index (χ0) is 24.1. The second-order valence-corrected chi connectivity index (χ2v) is 11.5. The van der Waals surface area contributed by atoms with Gasteiger partial charge in [0, 0.05) is 55.7 Å². The van der Waals surface area contributed by atoms with E-state index in [1.54, 1.807) is 7.11 Å². The lowest BCUT2D eigenvalue weighted by molar-refractivity contribution is -0.190. The number of methoxy groups -OCH3 is 1. The number of aliphatic hydroxyl groups is 1. The van der Waals surface area contributed by atoms with Gasteiger partial charge in [-0.25, -0.2) is 0 Å². The number of benzene rings is 1. The highest BCUT2D eigenvalue weighted by atomic mass is 16.5. The van der Waals surface area contributed by atoms with Crippen molar-refractivity contribution in [2.24, 2.45) is 10.8 Å². The van der Waals surface area contributed by atoms with E-state index in [0.717, 1.165) is 36.5 Å². The first kappa shape index (κ1) is 23.6. The molecule has 186 valence electrons. The fourth-order valence-electron chi connectivity index (χ4n) is 6.74. The summed E-state index contributed by atoms with van der Waals surface area (Å²) >= 11 is 0. The van der Waals surface area contributed by atoms with Gasteiger partial charge in [-0.15, -0.1) is 0 Å². The van der Waals surface area contributed by atoms with Crippen LogP contribution in [0.15, 0.2) is 18.2 Å². The van der Waals surface area contributed by atoms with Gasteiger partial charge in [0.25, 0.3) is 0 Å². The topological polar surface area (TPSA) is 76.6 Å². The van der Waals surface area contributed by atoms with Crippen LogP contribution in [0.1, 0.15) is 37.8 Å². The zero-order valence-electron chi connectivity index (χ0n) is 20.8. The quantitative estimate of drug-likeness (QED) is 0.696. The third-order valence-electron chi connectivity index (χ3n) is 8.30. The third kappa shape index (κ3) is 4.32. The summed E-state index contributed by atoms with van der Waals surface area (Å²) in [6.45, 7) is 9.99.